The van der Waals surface area contributed by atoms with E-state index in [2.05, 4.69) is 18.7 Å². The highest BCUT2D eigenvalue weighted by atomic mass is 32.2. The van der Waals surface area contributed by atoms with Crippen molar-refractivity contribution in [2.75, 3.05) is 0 Å². The van der Waals surface area contributed by atoms with Gasteiger partial charge in [-0.25, -0.2) is 0 Å². The summed E-state index contributed by atoms with van der Waals surface area (Å²) in [5, 5.41) is -0.124. The molecule has 0 radical (unpaired) electrons. The van der Waals surface area contributed by atoms with Gasteiger partial charge in [0, 0.05) is 30.3 Å². The van der Waals surface area contributed by atoms with Crippen molar-refractivity contribution in [2.24, 2.45) is 22.7 Å². The molecule has 4 fully saturated rings. The van der Waals surface area contributed by atoms with Gasteiger partial charge in [-0.2, -0.15) is 0 Å². The smallest absolute Gasteiger partial charge is 0.306 e. The molecule has 5 rings (SSSR count). The van der Waals surface area contributed by atoms with Gasteiger partial charge >= 0.3 is 5.97 Å². The van der Waals surface area contributed by atoms with Crippen LogP contribution in [0.25, 0.3) is 4.85 Å². The molecule has 32 heavy (non-hydrogen) atoms. The summed E-state index contributed by atoms with van der Waals surface area (Å²) in [7, 11) is -0.961. The van der Waals surface area contributed by atoms with E-state index < -0.39 is 21.4 Å². The second-order valence-corrected chi connectivity index (χ2v) is 13.1. The number of ether oxygens (including phenoxy) is 1. The third-order valence-corrected chi connectivity index (χ3v) is 12.1. The molecule has 3 saturated carbocycles. The zero-order valence-corrected chi connectivity index (χ0v) is 20.1. The minimum atomic E-state index is -0.961. The van der Waals surface area contributed by atoms with E-state index in [1.807, 2.05) is 6.08 Å². The highest BCUT2D eigenvalue weighted by Gasteiger charge is 2.81. The van der Waals surface area contributed by atoms with E-state index in [4.69, 9.17) is 17.0 Å². The first-order valence-electron chi connectivity index (χ1n) is 11.9. The molecule has 1 heterocycles. The lowest BCUT2D eigenvalue weighted by atomic mass is 9.43. The van der Waals surface area contributed by atoms with E-state index in [1.54, 1.807) is 6.92 Å². The number of hydrogen-bond donors (Lipinski definition) is 0. The summed E-state index contributed by atoms with van der Waals surface area (Å²) in [6.45, 7) is 12.4. The van der Waals surface area contributed by atoms with Crippen LogP contribution in [-0.2, 0) is 29.4 Å². The van der Waals surface area contributed by atoms with Gasteiger partial charge in [0.2, 0.25) is 0 Å². The first-order chi connectivity index (χ1) is 15.0. The summed E-state index contributed by atoms with van der Waals surface area (Å²) in [6.07, 6.45) is 8.30. The fourth-order valence-electron chi connectivity index (χ4n) is 8.53. The lowest BCUT2D eigenvalue weighted by Crippen LogP contribution is -2.66. The minimum absolute atomic E-state index is 0.0143. The molecule has 0 N–H and O–H groups in total. The Hall–Kier alpha value is -1.83. The predicted molar refractivity (Wildman–Crippen MR) is 124 cm³/mol. The molecule has 172 valence electrons. The first-order valence-corrected chi connectivity index (χ1v) is 13.2. The monoisotopic (exact) mass is 455 g/mol. The van der Waals surface area contributed by atoms with Crippen LogP contribution < -0.4 is 0 Å². The number of carbonyl (C=O) groups excluding carboxylic acids is 3. The van der Waals surface area contributed by atoms with Crippen LogP contribution in [0.15, 0.2) is 11.6 Å². The van der Waals surface area contributed by atoms with Crippen molar-refractivity contribution in [3.05, 3.63) is 16.5 Å². The number of allylic oxidation sites excluding steroid dienone is 1. The van der Waals surface area contributed by atoms with E-state index >= 15 is 0 Å². The Kier molecular flexibility index (Phi) is 4.70. The maximum atomic E-state index is 12.5. The van der Waals surface area contributed by atoms with Gasteiger partial charge in [0.15, 0.2) is 5.78 Å². The largest absolute Gasteiger partial charge is 0.458 e. The molecule has 0 aromatic carbocycles. The average molecular weight is 456 g/mol. The van der Waals surface area contributed by atoms with Crippen LogP contribution in [0.3, 0.4) is 0 Å². The molecule has 6 heteroatoms. The number of nitrogens with zero attached hydrogens (tertiary/aromatic N) is 1. The topological polar surface area (TPSA) is 64.8 Å². The summed E-state index contributed by atoms with van der Waals surface area (Å²) < 4.78 is 6.07. The molecule has 1 spiro atoms. The molecule has 5 nitrogen and oxygen atoms in total. The van der Waals surface area contributed by atoms with Crippen molar-refractivity contribution in [3.63, 3.8) is 0 Å². The van der Waals surface area contributed by atoms with Crippen LogP contribution in [0, 0.1) is 34.9 Å². The zero-order valence-electron chi connectivity index (χ0n) is 19.3. The molecule has 4 aliphatic carbocycles. The van der Waals surface area contributed by atoms with E-state index in [0.29, 0.717) is 25.7 Å². The Bertz CT molecular complexity index is 1080. The van der Waals surface area contributed by atoms with Crippen molar-refractivity contribution in [1.82, 2.24) is 0 Å². The number of fused-ring (bicyclic) bond motifs is 6. The van der Waals surface area contributed by atoms with Gasteiger partial charge in [-0.05, 0) is 69.8 Å². The fourth-order valence-corrected chi connectivity index (χ4v) is 10.0. The van der Waals surface area contributed by atoms with Crippen LogP contribution in [0.4, 0.5) is 0 Å². The number of hydrogen-bond acceptors (Lipinski definition) is 5. The third-order valence-electron chi connectivity index (χ3n) is 10.3. The van der Waals surface area contributed by atoms with Crippen LogP contribution in [0.5, 0.6) is 0 Å². The highest BCUT2D eigenvalue weighted by Crippen LogP contribution is 2.73. The highest BCUT2D eigenvalue weighted by molar-refractivity contribution is 8.01. The molecule has 1 aliphatic heterocycles. The summed E-state index contributed by atoms with van der Waals surface area (Å²) in [5.74, 6) is 0.307. The summed E-state index contributed by atoms with van der Waals surface area (Å²) in [5.41, 5.74) is 6.12. The molecule has 7 unspecified atom stereocenters. The summed E-state index contributed by atoms with van der Waals surface area (Å²) in [6, 6.07) is 0. The Morgan fingerprint density at radius 3 is 2.53 bits per heavy atom. The maximum absolute atomic E-state index is 12.5. The van der Waals surface area contributed by atoms with Crippen molar-refractivity contribution < 1.29 is 19.1 Å². The molecule has 0 aromatic rings. The van der Waals surface area contributed by atoms with Crippen molar-refractivity contribution in [3.8, 4) is 12.3 Å². The molecular formula is C26H33NO4S. The number of ketones is 1. The van der Waals surface area contributed by atoms with Crippen LogP contribution >= 0.6 is 0 Å². The summed E-state index contributed by atoms with van der Waals surface area (Å²) >= 11 is 0. The number of esters is 1. The second-order valence-electron chi connectivity index (χ2n) is 11.2. The first kappa shape index (κ1) is 22.0. The standard InChI is InChI=1S/C26H33NO4S/c1-16(28)32(5)20-15-17-14-18(29)6-9-23(17,2)19-7-10-24(3)25(11-8-21(30)31-25)12-13-26(24,27-4)22(19)20/h4-5,14,19-20,22H,6-13,15H2,1-3H3. The molecule has 1 saturated heterocycles. The third kappa shape index (κ3) is 2.50. The molecule has 0 aromatic heterocycles. The van der Waals surface area contributed by atoms with E-state index in [9.17, 15) is 14.4 Å². The minimum Gasteiger partial charge on any atom is -0.458 e. The SMILES string of the molecule is C#[N+]C12CCC3(CCC(=O)O3)C1(C)CCC1C2C([S-](#C)C(C)=O)CC2=CC(=O)CCC21C. The fraction of sp³-hybridized carbons (Fsp3) is 0.731. The lowest BCUT2D eigenvalue weighted by molar-refractivity contribution is -0.167. The number of rotatable bonds is 0. The van der Waals surface area contributed by atoms with E-state index in [1.165, 1.54) is 0 Å². The van der Waals surface area contributed by atoms with Gasteiger partial charge < -0.3 is 25.5 Å². The van der Waals surface area contributed by atoms with Crippen molar-refractivity contribution >= 4 is 27.2 Å². The Morgan fingerprint density at radius 1 is 1.16 bits per heavy atom. The van der Waals surface area contributed by atoms with Gasteiger partial charge in [-0.15, -0.1) is 5.25 Å². The summed E-state index contributed by atoms with van der Waals surface area (Å²) in [4.78, 5) is 41.8. The molecule has 5 aliphatic rings. The number of carbonyl (C=O) groups is 3. The van der Waals surface area contributed by atoms with Gasteiger partial charge in [0.25, 0.3) is 12.1 Å². The van der Waals surface area contributed by atoms with Crippen LogP contribution in [0.1, 0.15) is 78.6 Å². The Balaban J connectivity index is 1.69. The van der Waals surface area contributed by atoms with Gasteiger partial charge in [-0.1, -0.05) is 17.3 Å². The van der Waals surface area contributed by atoms with Crippen LogP contribution in [-0.4, -0.2) is 33.3 Å². The molecular weight excluding hydrogens is 422 g/mol. The normalized spacial score (nSPS) is 47.3. The Labute approximate surface area is 192 Å². The molecule has 0 amide bonds. The van der Waals surface area contributed by atoms with E-state index in [-0.39, 0.29) is 44.8 Å². The maximum Gasteiger partial charge on any atom is 0.306 e. The molecule has 0 bridgehead atoms. The van der Waals surface area contributed by atoms with Gasteiger partial charge in [-0.3, -0.25) is 9.59 Å². The van der Waals surface area contributed by atoms with Gasteiger partial charge in [0.1, 0.15) is 5.60 Å². The zero-order chi connectivity index (χ0) is 23.1. The quantitative estimate of drug-likeness (QED) is 0.401. The van der Waals surface area contributed by atoms with E-state index in [0.717, 1.165) is 37.7 Å². The average Bonchev–Trinajstić information content (AvgIpc) is 3.26. The second kappa shape index (κ2) is 6.84. The van der Waals surface area contributed by atoms with Crippen molar-refractivity contribution in [1.29, 1.82) is 0 Å². The lowest BCUT2D eigenvalue weighted by Gasteiger charge is -2.62. The van der Waals surface area contributed by atoms with Crippen molar-refractivity contribution in [2.45, 2.75) is 94.9 Å². The van der Waals surface area contributed by atoms with Crippen LogP contribution in [0.2, 0.25) is 0 Å². The van der Waals surface area contributed by atoms with Gasteiger partial charge in [0.05, 0.1) is 5.41 Å². The predicted octanol–water partition coefficient (Wildman–Crippen LogP) is 4.41. The Morgan fingerprint density at radius 2 is 1.91 bits per heavy atom. The molecule has 7 atom stereocenters.